The number of benzene rings is 1. The molecule has 23 heavy (non-hydrogen) atoms. The van der Waals surface area contributed by atoms with Crippen molar-refractivity contribution in [1.29, 1.82) is 0 Å². The van der Waals surface area contributed by atoms with Crippen molar-refractivity contribution in [3.8, 4) is 0 Å². The van der Waals surface area contributed by atoms with Gasteiger partial charge in [-0.1, -0.05) is 11.6 Å². The van der Waals surface area contributed by atoms with E-state index >= 15 is 0 Å². The van der Waals surface area contributed by atoms with E-state index in [1.807, 2.05) is 25.4 Å². The van der Waals surface area contributed by atoms with Crippen LogP contribution in [0.4, 0.5) is 0 Å². The Kier molecular flexibility index (Phi) is 4.57. The zero-order valence-corrected chi connectivity index (χ0v) is 13.5. The lowest BCUT2D eigenvalue weighted by Crippen LogP contribution is -2.24. The standard InChI is InChI=1S/C17H17ClN4O/c1-12-9-16-20-10-13(11-22(16)21-12)3-2-8-19-17(23)14-4-6-15(18)7-5-14/h4-7,9-11H,2-3,8H2,1H3,(H,19,23). The first kappa shape index (κ1) is 15.5. The Bertz CT molecular complexity index is 826. The van der Waals surface area contributed by atoms with Crippen LogP contribution in [0, 0.1) is 6.92 Å². The van der Waals surface area contributed by atoms with E-state index in [0.29, 0.717) is 17.1 Å². The number of aromatic nitrogens is 3. The highest BCUT2D eigenvalue weighted by atomic mass is 35.5. The quantitative estimate of drug-likeness (QED) is 0.732. The Morgan fingerprint density at radius 2 is 2.09 bits per heavy atom. The molecule has 0 bridgehead atoms. The number of nitrogens with zero attached hydrogens (tertiary/aromatic N) is 3. The van der Waals surface area contributed by atoms with Crippen LogP contribution in [0.2, 0.25) is 5.02 Å². The van der Waals surface area contributed by atoms with Gasteiger partial charge in [0.25, 0.3) is 5.91 Å². The lowest BCUT2D eigenvalue weighted by molar-refractivity contribution is 0.0953. The average molecular weight is 329 g/mol. The molecule has 0 spiro atoms. The summed E-state index contributed by atoms with van der Waals surface area (Å²) in [5, 5.41) is 7.88. The van der Waals surface area contributed by atoms with Crippen LogP contribution in [0.25, 0.3) is 5.65 Å². The molecule has 0 unspecified atom stereocenters. The lowest BCUT2D eigenvalue weighted by atomic mass is 10.2. The number of rotatable bonds is 5. The van der Waals surface area contributed by atoms with Crippen molar-refractivity contribution in [3.63, 3.8) is 0 Å². The number of carbonyl (C=O) groups is 1. The van der Waals surface area contributed by atoms with Gasteiger partial charge in [-0.15, -0.1) is 0 Å². The number of fused-ring (bicyclic) bond motifs is 1. The Labute approximate surface area is 139 Å². The number of hydrogen-bond donors (Lipinski definition) is 1. The third-order valence-corrected chi connectivity index (χ3v) is 3.78. The van der Waals surface area contributed by atoms with Crippen molar-refractivity contribution in [3.05, 3.63) is 64.6 Å². The van der Waals surface area contributed by atoms with Crippen molar-refractivity contribution in [2.75, 3.05) is 6.54 Å². The molecule has 0 fully saturated rings. The first-order valence-corrected chi connectivity index (χ1v) is 7.84. The fourth-order valence-electron chi connectivity index (χ4n) is 2.36. The van der Waals surface area contributed by atoms with Gasteiger partial charge in [0.05, 0.1) is 5.69 Å². The third kappa shape index (κ3) is 3.87. The summed E-state index contributed by atoms with van der Waals surface area (Å²) in [6, 6.07) is 8.80. The zero-order chi connectivity index (χ0) is 16.2. The van der Waals surface area contributed by atoms with Gasteiger partial charge in [-0.3, -0.25) is 4.79 Å². The van der Waals surface area contributed by atoms with E-state index in [1.165, 1.54) is 0 Å². The Morgan fingerprint density at radius 1 is 1.30 bits per heavy atom. The Balaban J connectivity index is 1.50. The topological polar surface area (TPSA) is 59.3 Å². The van der Waals surface area contributed by atoms with Gasteiger partial charge in [0, 0.05) is 35.6 Å². The number of amides is 1. The molecule has 0 aliphatic heterocycles. The summed E-state index contributed by atoms with van der Waals surface area (Å²) in [5.41, 5.74) is 3.51. The maximum atomic E-state index is 12.0. The van der Waals surface area contributed by atoms with E-state index < -0.39 is 0 Å². The monoisotopic (exact) mass is 328 g/mol. The summed E-state index contributed by atoms with van der Waals surface area (Å²) in [4.78, 5) is 16.3. The molecular formula is C17H17ClN4O. The molecule has 1 aromatic carbocycles. The summed E-state index contributed by atoms with van der Waals surface area (Å²) in [6.07, 6.45) is 5.52. The van der Waals surface area contributed by atoms with E-state index in [1.54, 1.807) is 28.8 Å². The van der Waals surface area contributed by atoms with Crippen LogP contribution < -0.4 is 5.32 Å². The highest BCUT2D eigenvalue weighted by molar-refractivity contribution is 6.30. The van der Waals surface area contributed by atoms with Gasteiger partial charge >= 0.3 is 0 Å². The lowest BCUT2D eigenvalue weighted by Gasteiger charge is -2.06. The Morgan fingerprint density at radius 3 is 2.87 bits per heavy atom. The largest absolute Gasteiger partial charge is 0.352 e. The van der Waals surface area contributed by atoms with Crippen LogP contribution in [0.5, 0.6) is 0 Å². The molecule has 0 atom stereocenters. The molecular weight excluding hydrogens is 312 g/mol. The summed E-state index contributed by atoms with van der Waals surface area (Å²) in [5.74, 6) is -0.0852. The van der Waals surface area contributed by atoms with E-state index in [9.17, 15) is 4.79 Å². The van der Waals surface area contributed by atoms with Crippen molar-refractivity contribution < 1.29 is 4.79 Å². The molecule has 3 rings (SSSR count). The highest BCUT2D eigenvalue weighted by Crippen LogP contribution is 2.09. The minimum atomic E-state index is -0.0852. The molecule has 0 saturated carbocycles. The van der Waals surface area contributed by atoms with Crippen LogP contribution in [0.1, 0.15) is 28.0 Å². The van der Waals surface area contributed by atoms with Crippen LogP contribution in [0.3, 0.4) is 0 Å². The Hall–Kier alpha value is -2.40. The van der Waals surface area contributed by atoms with E-state index in [4.69, 9.17) is 11.6 Å². The average Bonchev–Trinajstić information content (AvgIpc) is 2.91. The maximum absolute atomic E-state index is 12.0. The van der Waals surface area contributed by atoms with E-state index in [0.717, 1.165) is 29.7 Å². The van der Waals surface area contributed by atoms with Crippen molar-refractivity contribution in [2.24, 2.45) is 0 Å². The van der Waals surface area contributed by atoms with Crippen LogP contribution in [-0.4, -0.2) is 27.0 Å². The molecule has 0 aliphatic rings. The normalized spacial score (nSPS) is 10.9. The van der Waals surface area contributed by atoms with Gasteiger partial charge in [0.2, 0.25) is 0 Å². The first-order valence-electron chi connectivity index (χ1n) is 7.46. The predicted molar refractivity (Wildman–Crippen MR) is 89.8 cm³/mol. The summed E-state index contributed by atoms with van der Waals surface area (Å²) in [7, 11) is 0. The first-order chi connectivity index (χ1) is 11.1. The number of halogens is 1. The third-order valence-electron chi connectivity index (χ3n) is 3.52. The van der Waals surface area contributed by atoms with Gasteiger partial charge in [0.1, 0.15) is 0 Å². The molecule has 0 aliphatic carbocycles. The van der Waals surface area contributed by atoms with E-state index in [2.05, 4.69) is 15.4 Å². The molecule has 5 nitrogen and oxygen atoms in total. The molecule has 2 heterocycles. The molecule has 3 aromatic rings. The fourth-order valence-corrected chi connectivity index (χ4v) is 2.49. The number of nitrogens with one attached hydrogen (secondary N) is 1. The van der Waals surface area contributed by atoms with Crippen molar-refractivity contribution in [2.45, 2.75) is 19.8 Å². The van der Waals surface area contributed by atoms with Crippen molar-refractivity contribution in [1.82, 2.24) is 19.9 Å². The number of hydrogen-bond acceptors (Lipinski definition) is 3. The van der Waals surface area contributed by atoms with Gasteiger partial charge in [-0.2, -0.15) is 5.10 Å². The molecule has 2 aromatic heterocycles. The fraction of sp³-hybridized carbons (Fsp3) is 0.235. The van der Waals surface area contributed by atoms with Gasteiger partial charge < -0.3 is 5.32 Å². The highest BCUT2D eigenvalue weighted by Gasteiger charge is 2.05. The SMILES string of the molecule is Cc1cc2ncc(CCCNC(=O)c3ccc(Cl)cc3)cn2n1. The molecule has 118 valence electrons. The molecule has 1 amide bonds. The summed E-state index contributed by atoms with van der Waals surface area (Å²) in [6.45, 7) is 2.55. The zero-order valence-electron chi connectivity index (χ0n) is 12.8. The van der Waals surface area contributed by atoms with Gasteiger partial charge in [-0.25, -0.2) is 9.50 Å². The second-order valence-electron chi connectivity index (χ2n) is 5.42. The minimum absolute atomic E-state index is 0.0852. The maximum Gasteiger partial charge on any atom is 0.251 e. The predicted octanol–water partition coefficient (Wildman–Crippen LogP) is 3.05. The second-order valence-corrected chi connectivity index (χ2v) is 5.85. The molecule has 0 radical (unpaired) electrons. The summed E-state index contributed by atoms with van der Waals surface area (Å²) >= 11 is 5.81. The minimum Gasteiger partial charge on any atom is -0.352 e. The van der Waals surface area contributed by atoms with Crippen molar-refractivity contribution >= 4 is 23.2 Å². The summed E-state index contributed by atoms with van der Waals surface area (Å²) < 4.78 is 1.79. The van der Waals surface area contributed by atoms with E-state index in [-0.39, 0.29) is 5.91 Å². The number of aryl methyl sites for hydroxylation is 2. The molecule has 1 N–H and O–H groups in total. The van der Waals surface area contributed by atoms with Gasteiger partial charge in [-0.05, 0) is 49.6 Å². The van der Waals surface area contributed by atoms with Crippen LogP contribution >= 0.6 is 11.6 Å². The second kappa shape index (κ2) is 6.79. The van der Waals surface area contributed by atoms with Crippen LogP contribution in [-0.2, 0) is 6.42 Å². The molecule has 0 saturated heterocycles. The number of carbonyl (C=O) groups excluding carboxylic acids is 1. The smallest absolute Gasteiger partial charge is 0.251 e. The van der Waals surface area contributed by atoms with Gasteiger partial charge in [0.15, 0.2) is 5.65 Å². The van der Waals surface area contributed by atoms with Crippen LogP contribution in [0.15, 0.2) is 42.7 Å². The molecule has 6 heteroatoms.